The van der Waals surface area contributed by atoms with Crippen LogP contribution in [0.5, 0.6) is 0 Å². The number of hydrogen-bond donors (Lipinski definition) is 1. The third kappa shape index (κ3) is 1.75. The maximum Gasteiger partial charge on any atom is 0.373 e. The van der Waals surface area contributed by atoms with Crippen LogP contribution in [0.3, 0.4) is 0 Å². The molecule has 1 N–H and O–H groups in total. The van der Waals surface area contributed by atoms with Gasteiger partial charge in [-0.15, -0.1) is 11.3 Å². The summed E-state index contributed by atoms with van der Waals surface area (Å²) in [6.45, 7) is 3.46. The maximum atomic E-state index is 10.7. The summed E-state index contributed by atoms with van der Waals surface area (Å²) in [7, 11) is 0. The molecule has 0 spiro atoms. The largest absolute Gasteiger partial charge is 0.475 e. The lowest BCUT2D eigenvalue weighted by atomic mass is 10.4. The van der Waals surface area contributed by atoms with Crippen molar-refractivity contribution >= 4 is 17.3 Å². The highest BCUT2D eigenvalue weighted by Gasteiger charge is 2.18. The monoisotopic (exact) mass is 224 g/mol. The molecule has 2 aromatic heterocycles. The first-order valence-corrected chi connectivity index (χ1v) is 5.03. The van der Waals surface area contributed by atoms with E-state index >= 15 is 0 Å². The Morgan fingerprint density at radius 3 is 2.73 bits per heavy atom. The van der Waals surface area contributed by atoms with Crippen molar-refractivity contribution in [1.82, 2.24) is 9.97 Å². The molecule has 0 aliphatic carbocycles. The third-order valence-electron chi connectivity index (χ3n) is 1.82. The molecule has 2 rings (SSSR count). The second kappa shape index (κ2) is 3.47. The van der Waals surface area contributed by atoms with E-state index in [0.717, 1.165) is 9.88 Å². The summed E-state index contributed by atoms with van der Waals surface area (Å²) in [6, 6.07) is 0. The Hall–Kier alpha value is -1.69. The second-order valence-electron chi connectivity index (χ2n) is 2.98. The summed E-state index contributed by atoms with van der Waals surface area (Å²) in [6.07, 6.45) is 1.62. The molecule has 78 valence electrons. The maximum absolute atomic E-state index is 10.7. The fourth-order valence-electron chi connectivity index (χ4n) is 1.16. The Balaban J connectivity index is 2.46. The molecule has 2 heterocycles. The van der Waals surface area contributed by atoms with Gasteiger partial charge in [-0.05, 0) is 13.8 Å². The van der Waals surface area contributed by atoms with E-state index in [4.69, 9.17) is 9.52 Å². The van der Waals surface area contributed by atoms with Crippen molar-refractivity contribution in [3.63, 3.8) is 0 Å². The Bertz CT molecular complexity index is 515. The first-order chi connectivity index (χ1) is 7.08. The lowest BCUT2D eigenvalue weighted by molar-refractivity contribution is 0.0662. The highest BCUT2D eigenvalue weighted by Crippen LogP contribution is 2.26. The number of aryl methyl sites for hydroxylation is 2. The SMILES string of the molecule is Cc1ncc(-c2nc(C)c(C(=O)O)o2)s1. The summed E-state index contributed by atoms with van der Waals surface area (Å²) in [5, 5.41) is 9.67. The van der Waals surface area contributed by atoms with E-state index in [1.807, 2.05) is 6.92 Å². The number of hydrogen-bond acceptors (Lipinski definition) is 5. The summed E-state index contributed by atoms with van der Waals surface area (Å²) >= 11 is 1.41. The predicted molar refractivity (Wildman–Crippen MR) is 54.0 cm³/mol. The van der Waals surface area contributed by atoms with Crippen LogP contribution < -0.4 is 0 Å². The van der Waals surface area contributed by atoms with Crippen LogP contribution >= 0.6 is 11.3 Å². The average molecular weight is 224 g/mol. The lowest BCUT2D eigenvalue weighted by Gasteiger charge is -1.86. The predicted octanol–water partition coefficient (Wildman–Crippen LogP) is 2.11. The number of aromatic carboxylic acids is 1. The van der Waals surface area contributed by atoms with Gasteiger partial charge in [-0.2, -0.15) is 0 Å². The first kappa shape index (κ1) is 9.85. The van der Waals surface area contributed by atoms with Gasteiger partial charge < -0.3 is 9.52 Å². The van der Waals surface area contributed by atoms with Crippen molar-refractivity contribution in [2.24, 2.45) is 0 Å². The van der Waals surface area contributed by atoms with Crippen molar-refractivity contribution in [2.45, 2.75) is 13.8 Å². The van der Waals surface area contributed by atoms with Gasteiger partial charge in [-0.25, -0.2) is 14.8 Å². The fraction of sp³-hybridized carbons (Fsp3) is 0.222. The quantitative estimate of drug-likeness (QED) is 0.845. The molecule has 0 aliphatic heterocycles. The third-order valence-corrected chi connectivity index (χ3v) is 2.72. The van der Waals surface area contributed by atoms with Gasteiger partial charge in [0, 0.05) is 0 Å². The van der Waals surface area contributed by atoms with Crippen LogP contribution in [0.25, 0.3) is 10.8 Å². The number of rotatable bonds is 2. The number of thiazole rings is 1. The van der Waals surface area contributed by atoms with E-state index in [9.17, 15) is 4.79 Å². The lowest BCUT2D eigenvalue weighted by Crippen LogP contribution is -1.95. The molecule has 6 heteroatoms. The van der Waals surface area contributed by atoms with Gasteiger partial charge in [0.05, 0.1) is 16.9 Å². The molecule has 0 saturated carbocycles. The van der Waals surface area contributed by atoms with Gasteiger partial charge in [0.1, 0.15) is 4.88 Å². The molecule has 5 nitrogen and oxygen atoms in total. The standard InChI is InChI=1S/C9H8N2O3S/c1-4-7(9(12)13)14-8(11-4)6-3-10-5(2)15-6/h3H,1-2H3,(H,12,13). The van der Waals surface area contributed by atoms with Gasteiger partial charge in [-0.1, -0.05) is 0 Å². The van der Waals surface area contributed by atoms with E-state index in [-0.39, 0.29) is 5.76 Å². The van der Waals surface area contributed by atoms with Gasteiger partial charge in [0.2, 0.25) is 11.7 Å². The van der Waals surface area contributed by atoms with Crippen LogP contribution in [0, 0.1) is 13.8 Å². The van der Waals surface area contributed by atoms with Crippen LogP contribution in [-0.2, 0) is 0 Å². The number of oxazole rings is 1. The number of carboxylic acid groups (broad SMARTS) is 1. The molecule has 0 unspecified atom stereocenters. The molecule has 2 aromatic rings. The van der Waals surface area contributed by atoms with Gasteiger partial charge in [0.15, 0.2) is 0 Å². The van der Waals surface area contributed by atoms with Gasteiger partial charge in [0.25, 0.3) is 0 Å². The molecule has 0 atom stereocenters. The molecule has 0 saturated heterocycles. The van der Waals surface area contributed by atoms with Crippen LogP contribution in [-0.4, -0.2) is 21.0 Å². The summed E-state index contributed by atoms with van der Waals surface area (Å²) in [4.78, 5) is 19.6. The molecule has 0 bridgehead atoms. The highest BCUT2D eigenvalue weighted by molar-refractivity contribution is 7.14. The Kier molecular flexibility index (Phi) is 2.28. The Morgan fingerprint density at radius 2 is 2.27 bits per heavy atom. The molecule has 0 radical (unpaired) electrons. The zero-order valence-corrected chi connectivity index (χ0v) is 8.96. The summed E-state index contributed by atoms with van der Waals surface area (Å²) < 4.78 is 5.14. The van der Waals surface area contributed by atoms with Crippen LogP contribution in [0.4, 0.5) is 0 Å². The van der Waals surface area contributed by atoms with E-state index in [1.54, 1.807) is 13.1 Å². The number of nitrogens with zero attached hydrogens (tertiary/aromatic N) is 2. The van der Waals surface area contributed by atoms with Crippen LogP contribution in [0.2, 0.25) is 0 Å². The van der Waals surface area contributed by atoms with E-state index in [1.165, 1.54) is 11.3 Å². The summed E-state index contributed by atoms with van der Waals surface area (Å²) in [5.41, 5.74) is 0.378. The molecular weight excluding hydrogens is 216 g/mol. The van der Waals surface area contributed by atoms with Crippen molar-refractivity contribution in [3.8, 4) is 10.8 Å². The van der Waals surface area contributed by atoms with Crippen LogP contribution in [0.1, 0.15) is 21.3 Å². The molecule has 0 aromatic carbocycles. The van der Waals surface area contributed by atoms with E-state index in [2.05, 4.69) is 9.97 Å². The normalized spacial score (nSPS) is 10.5. The van der Waals surface area contributed by atoms with Gasteiger partial charge >= 0.3 is 5.97 Å². The molecule has 15 heavy (non-hydrogen) atoms. The number of aromatic nitrogens is 2. The number of carboxylic acids is 1. The van der Waals surface area contributed by atoms with Crippen molar-refractivity contribution in [2.75, 3.05) is 0 Å². The Labute approximate surface area is 89.4 Å². The zero-order valence-electron chi connectivity index (χ0n) is 8.14. The first-order valence-electron chi connectivity index (χ1n) is 4.21. The topological polar surface area (TPSA) is 76.2 Å². The van der Waals surface area contributed by atoms with Gasteiger partial charge in [-0.3, -0.25) is 0 Å². The molecular formula is C9H8N2O3S. The minimum Gasteiger partial charge on any atom is -0.475 e. The van der Waals surface area contributed by atoms with Crippen molar-refractivity contribution in [3.05, 3.63) is 22.7 Å². The Morgan fingerprint density at radius 1 is 1.53 bits per heavy atom. The fourth-order valence-corrected chi connectivity index (χ4v) is 1.86. The molecule has 0 aliphatic rings. The van der Waals surface area contributed by atoms with Crippen LogP contribution in [0.15, 0.2) is 10.6 Å². The van der Waals surface area contributed by atoms with E-state index < -0.39 is 5.97 Å². The molecule has 0 fully saturated rings. The van der Waals surface area contributed by atoms with E-state index in [0.29, 0.717) is 11.6 Å². The van der Waals surface area contributed by atoms with Crippen molar-refractivity contribution in [1.29, 1.82) is 0 Å². The highest BCUT2D eigenvalue weighted by atomic mass is 32.1. The smallest absolute Gasteiger partial charge is 0.373 e. The number of carbonyl (C=O) groups is 1. The summed E-state index contributed by atoms with van der Waals surface area (Å²) in [5.74, 6) is -0.904. The minimum absolute atomic E-state index is 0.115. The average Bonchev–Trinajstić information content (AvgIpc) is 2.71. The molecule has 0 amide bonds. The van der Waals surface area contributed by atoms with Crippen molar-refractivity contribution < 1.29 is 14.3 Å². The zero-order chi connectivity index (χ0) is 11.0. The minimum atomic E-state index is -1.10. The second-order valence-corrected chi connectivity index (χ2v) is 4.22.